The van der Waals surface area contributed by atoms with E-state index in [1.54, 1.807) is 18.2 Å². The highest BCUT2D eigenvalue weighted by atomic mass is 35.5. The number of hydrogen-bond donors (Lipinski definition) is 1. The number of amides is 1. The van der Waals surface area contributed by atoms with Gasteiger partial charge in [-0.05, 0) is 30.8 Å². The molecule has 1 amide bonds. The molecule has 0 aliphatic carbocycles. The van der Waals surface area contributed by atoms with Gasteiger partial charge in [0.15, 0.2) is 0 Å². The zero-order valence-corrected chi connectivity index (χ0v) is 15.0. The van der Waals surface area contributed by atoms with Crippen LogP contribution in [0.1, 0.15) is 11.8 Å². The number of thiophene rings is 1. The van der Waals surface area contributed by atoms with E-state index in [9.17, 15) is 4.79 Å². The molecule has 1 N–H and O–H groups in total. The first-order valence-corrected chi connectivity index (χ1v) is 8.65. The molecule has 1 heterocycles. The van der Waals surface area contributed by atoms with E-state index >= 15 is 0 Å². The van der Waals surface area contributed by atoms with Crippen LogP contribution in [0.2, 0.25) is 14.4 Å². The molecular formula is C15H15Cl3N2OS. The van der Waals surface area contributed by atoms with Gasteiger partial charge in [0.25, 0.3) is 0 Å². The molecular weight excluding hydrogens is 363 g/mol. The van der Waals surface area contributed by atoms with Crippen molar-refractivity contribution in [2.24, 2.45) is 0 Å². The van der Waals surface area contributed by atoms with Crippen LogP contribution in [0.25, 0.3) is 0 Å². The molecule has 1 aromatic carbocycles. The Labute approximate surface area is 148 Å². The second kappa shape index (κ2) is 8.18. The average molecular weight is 378 g/mol. The Morgan fingerprint density at radius 2 is 2.00 bits per heavy atom. The van der Waals surface area contributed by atoms with Gasteiger partial charge in [0.2, 0.25) is 5.91 Å². The number of likely N-dealkylation sites (N-methyl/N-ethyl adjacent to an activating group) is 1. The summed E-state index contributed by atoms with van der Waals surface area (Å²) >= 11 is 19.4. The maximum absolute atomic E-state index is 12.2. The Morgan fingerprint density at radius 3 is 2.64 bits per heavy atom. The Kier molecular flexibility index (Phi) is 6.53. The van der Waals surface area contributed by atoms with E-state index in [1.165, 1.54) is 11.3 Å². The second-order valence-corrected chi connectivity index (χ2v) is 7.24. The van der Waals surface area contributed by atoms with Crippen LogP contribution in [0.5, 0.6) is 0 Å². The molecule has 7 heteroatoms. The van der Waals surface area contributed by atoms with Crippen LogP contribution in [0.15, 0.2) is 30.3 Å². The van der Waals surface area contributed by atoms with Crippen molar-refractivity contribution in [2.75, 3.05) is 18.4 Å². The number of benzene rings is 1. The second-order valence-electron chi connectivity index (χ2n) is 4.66. The van der Waals surface area contributed by atoms with E-state index in [2.05, 4.69) is 5.32 Å². The van der Waals surface area contributed by atoms with Gasteiger partial charge in [0.1, 0.15) is 0 Å². The summed E-state index contributed by atoms with van der Waals surface area (Å²) in [6, 6.07) is 8.98. The Hall–Kier alpha value is -0.780. The minimum Gasteiger partial charge on any atom is -0.324 e. The summed E-state index contributed by atoms with van der Waals surface area (Å²) in [5, 5.41) is 3.56. The molecule has 0 spiro atoms. The predicted molar refractivity (Wildman–Crippen MR) is 95.4 cm³/mol. The average Bonchev–Trinajstić information content (AvgIpc) is 2.88. The summed E-state index contributed by atoms with van der Waals surface area (Å²) in [4.78, 5) is 15.3. The van der Waals surface area contributed by atoms with Gasteiger partial charge >= 0.3 is 0 Å². The van der Waals surface area contributed by atoms with Crippen LogP contribution < -0.4 is 5.32 Å². The zero-order chi connectivity index (χ0) is 16.1. The van der Waals surface area contributed by atoms with Crippen molar-refractivity contribution in [2.45, 2.75) is 13.5 Å². The maximum atomic E-state index is 12.2. The lowest BCUT2D eigenvalue weighted by Gasteiger charge is -2.19. The number of halogens is 3. The van der Waals surface area contributed by atoms with E-state index < -0.39 is 0 Å². The minimum atomic E-state index is -0.131. The lowest BCUT2D eigenvalue weighted by Crippen LogP contribution is -2.32. The van der Waals surface area contributed by atoms with Gasteiger partial charge in [0, 0.05) is 11.4 Å². The van der Waals surface area contributed by atoms with Crippen LogP contribution in [-0.4, -0.2) is 23.9 Å². The smallest absolute Gasteiger partial charge is 0.238 e. The molecule has 0 unspecified atom stereocenters. The number of rotatable bonds is 6. The van der Waals surface area contributed by atoms with E-state index in [4.69, 9.17) is 34.8 Å². The number of hydrogen-bond acceptors (Lipinski definition) is 3. The molecule has 118 valence electrons. The Balaban J connectivity index is 1.96. The number of anilines is 1. The summed E-state index contributed by atoms with van der Waals surface area (Å²) in [5.41, 5.74) is 0.523. The molecule has 22 heavy (non-hydrogen) atoms. The molecule has 1 aromatic heterocycles. The Bertz CT molecular complexity index is 660. The fraction of sp³-hybridized carbons (Fsp3) is 0.267. The molecule has 3 nitrogen and oxygen atoms in total. The van der Waals surface area contributed by atoms with Gasteiger partial charge in [-0.25, -0.2) is 0 Å². The summed E-state index contributed by atoms with van der Waals surface area (Å²) in [7, 11) is 0. The van der Waals surface area contributed by atoms with E-state index in [0.717, 1.165) is 15.8 Å². The monoisotopic (exact) mass is 376 g/mol. The van der Waals surface area contributed by atoms with Gasteiger partial charge in [-0.3, -0.25) is 9.69 Å². The fourth-order valence-corrected chi connectivity index (χ4v) is 3.41. The van der Waals surface area contributed by atoms with Gasteiger partial charge in [-0.2, -0.15) is 0 Å². The molecule has 2 rings (SSSR count). The third kappa shape index (κ3) is 4.86. The summed E-state index contributed by atoms with van der Waals surface area (Å²) < 4.78 is 0.751. The van der Waals surface area contributed by atoms with Crippen molar-refractivity contribution in [3.05, 3.63) is 49.6 Å². The van der Waals surface area contributed by atoms with Crippen molar-refractivity contribution in [1.82, 2.24) is 4.90 Å². The number of carbonyl (C=O) groups excluding carboxylic acids is 1. The molecule has 0 fully saturated rings. The van der Waals surface area contributed by atoms with Gasteiger partial charge in [-0.1, -0.05) is 47.8 Å². The highest BCUT2D eigenvalue weighted by Crippen LogP contribution is 2.29. The maximum Gasteiger partial charge on any atom is 0.238 e. The van der Waals surface area contributed by atoms with Crippen LogP contribution in [0.4, 0.5) is 5.69 Å². The van der Waals surface area contributed by atoms with Crippen molar-refractivity contribution in [1.29, 1.82) is 0 Å². The topological polar surface area (TPSA) is 32.3 Å². The van der Waals surface area contributed by atoms with Crippen LogP contribution >= 0.6 is 46.1 Å². The summed E-state index contributed by atoms with van der Waals surface area (Å²) in [6.07, 6.45) is 0. The third-order valence-corrected chi connectivity index (χ3v) is 5.08. The molecule has 0 atom stereocenters. The molecule has 0 saturated carbocycles. The molecule has 2 aromatic rings. The highest BCUT2D eigenvalue weighted by molar-refractivity contribution is 7.16. The molecule has 0 aliphatic heterocycles. The van der Waals surface area contributed by atoms with Crippen LogP contribution in [-0.2, 0) is 11.3 Å². The standard InChI is InChI=1S/C15H15Cl3N2OS/c1-2-20(8-10-6-7-13(17)22-10)9-14(21)19-12-5-3-4-11(16)15(12)18/h3-7H,2,8-9H2,1H3,(H,19,21). The summed E-state index contributed by atoms with van der Waals surface area (Å²) in [6.45, 7) is 3.72. The van der Waals surface area contributed by atoms with Gasteiger partial charge in [-0.15, -0.1) is 11.3 Å². The van der Waals surface area contributed by atoms with Crippen LogP contribution in [0, 0.1) is 0 Å². The van der Waals surface area contributed by atoms with E-state index in [1.807, 2.05) is 24.0 Å². The van der Waals surface area contributed by atoms with Crippen molar-refractivity contribution in [3.8, 4) is 0 Å². The predicted octanol–water partition coefficient (Wildman–Crippen LogP) is 5.17. The van der Waals surface area contributed by atoms with Gasteiger partial charge < -0.3 is 5.32 Å². The third-order valence-electron chi connectivity index (χ3n) is 3.05. The first-order chi connectivity index (χ1) is 10.5. The highest BCUT2D eigenvalue weighted by Gasteiger charge is 2.13. The molecule has 0 radical (unpaired) electrons. The number of carbonyl (C=O) groups is 1. The quantitative estimate of drug-likeness (QED) is 0.753. The zero-order valence-electron chi connectivity index (χ0n) is 11.9. The van der Waals surface area contributed by atoms with Crippen molar-refractivity contribution < 1.29 is 4.79 Å². The van der Waals surface area contributed by atoms with Crippen molar-refractivity contribution in [3.63, 3.8) is 0 Å². The molecule has 0 bridgehead atoms. The van der Waals surface area contributed by atoms with Gasteiger partial charge in [0.05, 0.1) is 26.6 Å². The minimum absolute atomic E-state index is 0.131. The van der Waals surface area contributed by atoms with Crippen molar-refractivity contribution >= 4 is 57.7 Å². The number of nitrogens with zero attached hydrogens (tertiary/aromatic N) is 1. The van der Waals surface area contributed by atoms with E-state index in [0.29, 0.717) is 22.3 Å². The normalized spacial score (nSPS) is 11.0. The van der Waals surface area contributed by atoms with Crippen LogP contribution in [0.3, 0.4) is 0 Å². The Morgan fingerprint density at radius 1 is 1.23 bits per heavy atom. The lowest BCUT2D eigenvalue weighted by atomic mass is 10.3. The van der Waals surface area contributed by atoms with E-state index in [-0.39, 0.29) is 12.5 Å². The fourth-order valence-electron chi connectivity index (χ4n) is 1.93. The molecule has 0 saturated heterocycles. The lowest BCUT2D eigenvalue weighted by molar-refractivity contribution is -0.117. The first-order valence-electron chi connectivity index (χ1n) is 6.70. The molecule has 0 aliphatic rings. The first kappa shape index (κ1) is 17.6. The SMILES string of the molecule is CCN(CC(=O)Nc1cccc(Cl)c1Cl)Cc1ccc(Cl)s1. The largest absolute Gasteiger partial charge is 0.324 e. The summed E-state index contributed by atoms with van der Waals surface area (Å²) in [5.74, 6) is -0.131. The number of nitrogens with one attached hydrogen (secondary N) is 1.